The Morgan fingerprint density at radius 3 is 2.77 bits per heavy atom. The summed E-state index contributed by atoms with van der Waals surface area (Å²) in [5.74, 6) is -0.0185. The number of amides is 1. The zero-order valence-electron chi connectivity index (χ0n) is 14.7. The van der Waals surface area contributed by atoms with Crippen molar-refractivity contribution < 1.29 is 10.0 Å². The lowest BCUT2D eigenvalue weighted by Crippen LogP contribution is -2.44. The Bertz CT molecular complexity index is 824. The van der Waals surface area contributed by atoms with Gasteiger partial charge in [-0.15, -0.1) is 0 Å². The number of hydrogen-bond acceptors (Lipinski definition) is 4. The van der Waals surface area contributed by atoms with Crippen LogP contribution in [0.25, 0.3) is 0 Å². The quantitative estimate of drug-likeness (QED) is 0.642. The summed E-state index contributed by atoms with van der Waals surface area (Å²) in [6.45, 7) is 2.93. The summed E-state index contributed by atoms with van der Waals surface area (Å²) in [6.07, 6.45) is 1.12. The molecule has 2 aromatic carbocycles. The van der Waals surface area contributed by atoms with Crippen LogP contribution in [0.1, 0.15) is 33.8 Å². The van der Waals surface area contributed by atoms with Gasteiger partial charge in [0.1, 0.15) is 0 Å². The molecule has 2 aliphatic heterocycles. The monoisotopic (exact) mass is 371 g/mol. The number of halogens is 1. The SMILES string of the molecule is CN1CCC2C(C1)c1cc(Cl)ccc1N2Cc1ccc(C(=O)NO)cc1. The van der Waals surface area contributed by atoms with Gasteiger partial charge in [-0.1, -0.05) is 23.7 Å². The standard InChI is InChI=1S/C20H22ClN3O2/c1-23-9-8-19-17(12-23)16-10-15(21)6-7-18(16)24(19)11-13-2-4-14(5-3-13)20(25)22-26/h2-7,10,17,19,26H,8-9,11-12H2,1H3,(H,22,25). The number of anilines is 1. The highest BCUT2D eigenvalue weighted by Gasteiger charge is 2.41. The van der Waals surface area contributed by atoms with Crippen LogP contribution in [0.2, 0.25) is 5.02 Å². The molecular formula is C20H22ClN3O2. The van der Waals surface area contributed by atoms with Crippen molar-refractivity contribution >= 4 is 23.2 Å². The van der Waals surface area contributed by atoms with E-state index in [9.17, 15) is 4.79 Å². The van der Waals surface area contributed by atoms with Gasteiger partial charge in [-0.05, 0) is 61.5 Å². The summed E-state index contributed by atoms with van der Waals surface area (Å²) >= 11 is 6.27. The van der Waals surface area contributed by atoms with E-state index in [0.717, 1.165) is 36.6 Å². The first kappa shape index (κ1) is 17.3. The van der Waals surface area contributed by atoms with Gasteiger partial charge in [0.15, 0.2) is 0 Å². The van der Waals surface area contributed by atoms with E-state index in [1.54, 1.807) is 17.6 Å². The molecule has 1 amide bonds. The van der Waals surface area contributed by atoms with Gasteiger partial charge in [0, 0.05) is 41.3 Å². The van der Waals surface area contributed by atoms with Crippen LogP contribution in [-0.4, -0.2) is 42.2 Å². The molecule has 0 spiro atoms. The fourth-order valence-electron chi connectivity index (χ4n) is 4.27. The number of likely N-dealkylation sites (N-methyl/N-ethyl adjacent to an activating group) is 1. The molecule has 2 unspecified atom stereocenters. The van der Waals surface area contributed by atoms with E-state index in [1.165, 1.54) is 11.3 Å². The highest BCUT2D eigenvalue weighted by molar-refractivity contribution is 6.30. The minimum absolute atomic E-state index is 0.446. The second-order valence-corrected chi connectivity index (χ2v) is 7.63. The van der Waals surface area contributed by atoms with Crippen LogP contribution in [0.15, 0.2) is 42.5 Å². The van der Waals surface area contributed by atoms with E-state index >= 15 is 0 Å². The third-order valence-electron chi connectivity index (χ3n) is 5.55. The second-order valence-electron chi connectivity index (χ2n) is 7.19. The molecule has 1 fully saturated rings. The van der Waals surface area contributed by atoms with Crippen molar-refractivity contribution in [2.24, 2.45) is 0 Å². The fourth-order valence-corrected chi connectivity index (χ4v) is 4.45. The lowest BCUT2D eigenvalue weighted by molar-refractivity contribution is 0.0706. The minimum atomic E-state index is -0.493. The van der Waals surface area contributed by atoms with Crippen molar-refractivity contribution in [3.8, 4) is 0 Å². The molecule has 2 atom stereocenters. The van der Waals surface area contributed by atoms with E-state index in [-0.39, 0.29) is 0 Å². The first-order chi connectivity index (χ1) is 12.6. The zero-order chi connectivity index (χ0) is 18.3. The highest BCUT2D eigenvalue weighted by Crippen LogP contribution is 2.46. The van der Waals surface area contributed by atoms with E-state index < -0.39 is 5.91 Å². The minimum Gasteiger partial charge on any atom is -0.363 e. The topological polar surface area (TPSA) is 55.8 Å². The molecule has 2 heterocycles. The number of piperidine rings is 1. The smallest absolute Gasteiger partial charge is 0.274 e. The summed E-state index contributed by atoms with van der Waals surface area (Å²) in [6, 6.07) is 14.1. The van der Waals surface area contributed by atoms with Crippen LogP contribution in [0.3, 0.4) is 0 Å². The Morgan fingerprint density at radius 2 is 2.04 bits per heavy atom. The van der Waals surface area contributed by atoms with Gasteiger partial charge < -0.3 is 9.80 Å². The third kappa shape index (κ3) is 3.07. The summed E-state index contributed by atoms with van der Waals surface area (Å²) < 4.78 is 0. The Morgan fingerprint density at radius 1 is 1.27 bits per heavy atom. The number of nitrogens with one attached hydrogen (secondary N) is 1. The summed E-state index contributed by atoms with van der Waals surface area (Å²) in [5, 5.41) is 9.54. The van der Waals surface area contributed by atoms with Crippen LogP contribution in [0.5, 0.6) is 0 Å². The molecule has 2 aromatic rings. The lowest BCUT2D eigenvalue weighted by atomic mass is 9.89. The zero-order valence-corrected chi connectivity index (χ0v) is 15.4. The van der Waals surface area contributed by atoms with Crippen molar-refractivity contribution in [2.75, 3.05) is 25.0 Å². The van der Waals surface area contributed by atoms with E-state index in [0.29, 0.717) is 17.5 Å². The lowest BCUT2D eigenvalue weighted by Gasteiger charge is -2.37. The number of hydrogen-bond donors (Lipinski definition) is 2. The molecule has 1 saturated heterocycles. The first-order valence-electron chi connectivity index (χ1n) is 8.85. The number of nitrogens with zero attached hydrogens (tertiary/aromatic N) is 2. The van der Waals surface area contributed by atoms with E-state index in [1.807, 2.05) is 18.2 Å². The van der Waals surface area contributed by atoms with Crippen molar-refractivity contribution in [3.05, 3.63) is 64.2 Å². The van der Waals surface area contributed by atoms with Crippen LogP contribution in [-0.2, 0) is 6.54 Å². The van der Waals surface area contributed by atoms with Crippen molar-refractivity contribution in [1.29, 1.82) is 0 Å². The van der Waals surface area contributed by atoms with E-state index in [4.69, 9.17) is 16.8 Å². The maximum absolute atomic E-state index is 11.5. The first-order valence-corrected chi connectivity index (χ1v) is 9.22. The van der Waals surface area contributed by atoms with Gasteiger partial charge in [-0.3, -0.25) is 10.0 Å². The Labute approximate surface area is 158 Å². The van der Waals surface area contributed by atoms with Crippen molar-refractivity contribution in [2.45, 2.75) is 24.9 Å². The number of rotatable bonds is 3. The summed E-state index contributed by atoms with van der Waals surface area (Å²) in [4.78, 5) is 16.4. The summed E-state index contributed by atoms with van der Waals surface area (Å²) in [7, 11) is 2.17. The Balaban J connectivity index is 1.62. The molecule has 0 aliphatic carbocycles. The second kappa shape index (κ2) is 6.91. The summed E-state index contributed by atoms with van der Waals surface area (Å²) in [5.41, 5.74) is 5.85. The van der Waals surface area contributed by atoms with Crippen molar-refractivity contribution in [3.63, 3.8) is 0 Å². The molecule has 136 valence electrons. The predicted octanol–water partition coefficient (Wildman–Crippen LogP) is 3.27. The third-order valence-corrected chi connectivity index (χ3v) is 5.78. The van der Waals surface area contributed by atoms with Gasteiger partial charge in [0.2, 0.25) is 0 Å². The normalized spacial score (nSPS) is 22.0. The van der Waals surface area contributed by atoms with Crippen LogP contribution in [0.4, 0.5) is 5.69 Å². The van der Waals surface area contributed by atoms with E-state index in [2.05, 4.69) is 29.0 Å². The van der Waals surface area contributed by atoms with Crippen LogP contribution >= 0.6 is 11.6 Å². The molecule has 2 aliphatic rings. The van der Waals surface area contributed by atoms with Gasteiger partial charge >= 0.3 is 0 Å². The Kier molecular flexibility index (Phi) is 4.61. The number of hydroxylamine groups is 1. The van der Waals surface area contributed by atoms with Crippen LogP contribution in [0, 0.1) is 0 Å². The number of carbonyl (C=O) groups is 1. The molecule has 0 aromatic heterocycles. The molecule has 26 heavy (non-hydrogen) atoms. The molecule has 5 nitrogen and oxygen atoms in total. The van der Waals surface area contributed by atoms with Gasteiger partial charge in [-0.2, -0.15) is 0 Å². The molecular weight excluding hydrogens is 350 g/mol. The maximum atomic E-state index is 11.5. The average Bonchev–Trinajstić information content (AvgIpc) is 2.94. The molecule has 4 rings (SSSR count). The molecule has 2 N–H and O–H groups in total. The van der Waals surface area contributed by atoms with Gasteiger partial charge in [0.05, 0.1) is 0 Å². The number of carbonyl (C=O) groups excluding carboxylic acids is 1. The van der Waals surface area contributed by atoms with Crippen LogP contribution < -0.4 is 10.4 Å². The average molecular weight is 372 g/mol. The van der Waals surface area contributed by atoms with Gasteiger partial charge in [0.25, 0.3) is 5.91 Å². The number of likely N-dealkylation sites (tertiary alicyclic amines) is 1. The predicted molar refractivity (Wildman–Crippen MR) is 102 cm³/mol. The number of benzene rings is 2. The fraction of sp³-hybridized carbons (Fsp3) is 0.350. The maximum Gasteiger partial charge on any atom is 0.274 e. The molecule has 0 saturated carbocycles. The van der Waals surface area contributed by atoms with Gasteiger partial charge in [-0.25, -0.2) is 5.48 Å². The molecule has 0 radical (unpaired) electrons. The Hall–Kier alpha value is -2.08. The largest absolute Gasteiger partial charge is 0.363 e. The number of fused-ring (bicyclic) bond motifs is 3. The van der Waals surface area contributed by atoms with Crippen molar-refractivity contribution in [1.82, 2.24) is 10.4 Å². The molecule has 0 bridgehead atoms. The molecule has 6 heteroatoms. The highest BCUT2D eigenvalue weighted by atomic mass is 35.5.